The molecule has 4 heteroatoms. The molecule has 0 saturated carbocycles. The molecule has 1 aromatic carbocycles. The second kappa shape index (κ2) is 4.07. The first kappa shape index (κ1) is 10.1. The average Bonchev–Trinajstić information content (AvgIpc) is 2.83. The van der Waals surface area contributed by atoms with E-state index in [0.29, 0.717) is 0 Å². The molecule has 86 valence electrons. The van der Waals surface area contributed by atoms with Crippen molar-refractivity contribution in [1.29, 1.82) is 0 Å². The van der Waals surface area contributed by atoms with E-state index in [1.54, 1.807) is 6.34 Å². The summed E-state index contributed by atoms with van der Waals surface area (Å²) in [4.78, 5) is 4.17. The van der Waals surface area contributed by atoms with Crippen molar-refractivity contribution in [2.75, 3.05) is 5.32 Å². The van der Waals surface area contributed by atoms with Crippen LogP contribution in [-0.4, -0.2) is 16.0 Å². The third kappa shape index (κ3) is 1.72. The maximum atomic E-state index is 9.01. The van der Waals surface area contributed by atoms with Gasteiger partial charge in [-0.3, -0.25) is 4.99 Å². The molecule has 1 aliphatic heterocycles. The van der Waals surface area contributed by atoms with Gasteiger partial charge in [0.15, 0.2) is 0 Å². The van der Waals surface area contributed by atoms with Crippen molar-refractivity contribution in [3.05, 3.63) is 47.7 Å². The zero-order valence-electron chi connectivity index (χ0n) is 9.30. The average molecular weight is 227 g/mol. The highest BCUT2D eigenvalue weighted by atomic mass is 16.3. The predicted octanol–water partition coefficient (Wildman–Crippen LogP) is 1.92. The van der Waals surface area contributed by atoms with E-state index in [9.17, 15) is 0 Å². The Morgan fingerprint density at radius 3 is 2.82 bits per heavy atom. The highest BCUT2D eigenvalue weighted by Gasteiger charge is 2.11. The Morgan fingerprint density at radius 1 is 1.24 bits per heavy atom. The molecule has 0 bridgehead atoms. The fourth-order valence-electron chi connectivity index (χ4n) is 1.99. The summed E-state index contributed by atoms with van der Waals surface area (Å²) in [7, 11) is 0. The van der Waals surface area contributed by atoms with Crippen molar-refractivity contribution in [1.82, 2.24) is 4.57 Å². The molecule has 2 heterocycles. The molecule has 2 N–H and O–H groups in total. The van der Waals surface area contributed by atoms with Gasteiger partial charge in [0.1, 0.15) is 5.82 Å². The number of nitrogens with zero attached hydrogens (tertiary/aromatic N) is 2. The summed E-state index contributed by atoms with van der Waals surface area (Å²) >= 11 is 0. The molecular formula is C13H13N3O. The van der Waals surface area contributed by atoms with Gasteiger partial charge in [0.2, 0.25) is 0 Å². The van der Waals surface area contributed by atoms with Gasteiger partial charge in [0.05, 0.1) is 19.5 Å². The summed E-state index contributed by atoms with van der Waals surface area (Å²) in [6.45, 7) is 0.805. The Morgan fingerprint density at radius 2 is 2.06 bits per heavy atom. The number of fused-ring (bicyclic) bond motifs is 1. The van der Waals surface area contributed by atoms with Crippen molar-refractivity contribution >= 4 is 12.2 Å². The van der Waals surface area contributed by atoms with Gasteiger partial charge in [-0.05, 0) is 23.8 Å². The first-order valence-electron chi connectivity index (χ1n) is 5.54. The Kier molecular flexibility index (Phi) is 2.42. The monoisotopic (exact) mass is 227 g/mol. The van der Waals surface area contributed by atoms with Crippen LogP contribution in [0.2, 0.25) is 0 Å². The van der Waals surface area contributed by atoms with E-state index in [0.717, 1.165) is 23.6 Å². The van der Waals surface area contributed by atoms with Crippen LogP contribution in [0.15, 0.2) is 41.5 Å². The first-order chi connectivity index (χ1) is 8.38. The minimum atomic E-state index is 0.0783. The number of aliphatic imine (C=N–C) groups is 1. The molecule has 1 aliphatic rings. The van der Waals surface area contributed by atoms with Gasteiger partial charge in [0.25, 0.3) is 0 Å². The second-order valence-electron chi connectivity index (χ2n) is 4.00. The number of benzene rings is 1. The zero-order valence-corrected chi connectivity index (χ0v) is 9.30. The SMILES string of the molecule is OCc1ccc(-n2ccc3c2NC=NC3)cc1. The Hall–Kier alpha value is -2.07. The zero-order chi connectivity index (χ0) is 11.7. The number of nitrogens with one attached hydrogen (secondary N) is 1. The van der Waals surface area contributed by atoms with Crippen molar-refractivity contribution in [3.63, 3.8) is 0 Å². The molecule has 0 spiro atoms. The molecule has 1 aromatic heterocycles. The molecule has 0 radical (unpaired) electrons. The summed E-state index contributed by atoms with van der Waals surface area (Å²) in [6.07, 6.45) is 3.75. The van der Waals surface area contributed by atoms with E-state index in [-0.39, 0.29) is 6.61 Å². The summed E-state index contributed by atoms with van der Waals surface area (Å²) < 4.78 is 2.08. The lowest BCUT2D eigenvalue weighted by Crippen LogP contribution is -2.08. The minimum Gasteiger partial charge on any atom is -0.392 e. The molecule has 4 nitrogen and oxygen atoms in total. The van der Waals surface area contributed by atoms with E-state index in [2.05, 4.69) is 20.9 Å². The van der Waals surface area contributed by atoms with Gasteiger partial charge in [-0.15, -0.1) is 0 Å². The Labute approximate surface area is 99.2 Å². The van der Waals surface area contributed by atoms with E-state index in [4.69, 9.17) is 5.11 Å². The maximum Gasteiger partial charge on any atom is 0.120 e. The molecule has 0 unspecified atom stereocenters. The standard InChI is InChI=1S/C13H13N3O/c17-8-10-1-3-12(4-2-10)16-6-5-11-7-14-9-15-13(11)16/h1-6,9,17H,7-8H2,(H,14,15). The van der Waals surface area contributed by atoms with E-state index in [1.165, 1.54) is 5.56 Å². The number of anilines is 1. The molecular weight excluding hydrogens is 214 g/mol. The lowest BCUT2D eigenvalue weighted by Gasteiger charge is -2.13. The fourth-order valence-corrected chi connectivity index (χ4v) is 1.99. The van der Waals surface area contributed by atoms with Crippen LogP contribution in [0.25, 0.3) is 5.69 Å². The van der Waals surface area contributed by atoms with E-state index in [1.807, 2.05) is 30.5 Å². The third-order valence-electron chi connectivity index (χ3n) is 2.92. The third-order valence-corrected chi connectivity index (χ3v) is 2.92. The molecule has 0 atom stereocenters. The number of aliphatic hydroxyl groups is 1. The van der Waals surface area contributed by atoms with Crippen molar-refractivity contribution < 1.29 is 5.11 Å². The van der Waals surface area contributed by atoms with Crippen molar-refractivity contribution in [2.24, 2.45) is 4.99 Å². The largest absolute Gasteiger partial charge is 0.392 e. The number of rotatable bonds is 2. The van der Waals surface area contributed by atoms with Crippen LogP contribution in [0.4, 0.5) is 5.82 Å². The lowest BCUT2D eigenvalue weighted by molar-refractivity contribution is 0.282. The van der Waals surface area contributed by atoms with Gasteiger partial charge in [0, 0.05) is 17.4 Å². The van der Waals surface area contributed by atoms with Gasteiger partial charge in [-0.25, -0.2) is 0 Å². The highest BCUT2D eigenvalue weighted by Crippen LogP contribution is 2.24. The predicted molar refractivity (Wildman–Crippen MR) is 67.5 cm³/mol. The molecule has 2 aromatic rings. The molecule has 0 saturated heterocycles. The summed E-state index contributed by atoms with van der Waals surface area (Å²) in [5.74, 6) is 1.07. The van der Waals surface area contributed by atoms with E-state index < -0.39 is 0 Å². The molecule has 0 amide bonds. The highest BCUT2D eigenvalue weighted by molar-refractivity contribution is 5.79. The molecule has 0 fully saturated rings. The van der Waals surface area contributed by atoms with Crippen LogP contribution >= 0.6 is 0 Å². The van der Waals surface area contributed by atoms with Crippen LogP contribution < -0.4 is 5.32 Å². The lowest BCUT2D eigenvalue weighted by atomic mass is 10.2. The molecule has 17 heavy (non-hydrogen) atoms. The van der Waals surface area contributed by atoms with Crippen molar-refractivity contribution in [3.8, 4) is 5.69 Å². The number of hydrogen-bond donors (Lipinski definition) is 2. The summed E-state index contributed by atoms with van der Waals surface area (Å²) in [5.41, 5.74) is 3.19. The van der Waals surface area contributed by atoms with E-state index >= 15 is 0 Å². The van der Waals surface area contributed by atoms with Crippen LogP contribution in [0.5, 0.6) is 0 Å². The number of hydrogen-bond acceptors (Lipinski definition) is 3. The van der Waals surface area contributed by atoms with Gasteiger partial charge >= 0.3 is 0 Å². The topological polar surface area (TPSA) is 49.5 Å². The number of aliphatic hydroxyl groups excluding tert-OH is 1. The van der Waals surface area contributed by atoms with Crippen molar-refractivity contribution in [2.45, 2.75) is 13.2 Å². The molecule has 3 rings (SSSR count). The Bertz CT molecular complexity index is 555. The number of aromatic nitrogens is 1. The minimum absolute atomic E-state index is 0.0783. The fraction of sp³-hybridized carbons (Fsp3) is 0.154. The maximum absolute atomic E-state index is 9.01. The Balaban J connectivity index is 2.01. The first-order valence-corrected chi connectivity index (χ1v) is 5.54. The van der Waals surface area contributed by atoms with Crippen LogP contribution in [0.1, 0.15) is 11.1 Å². The van der Waals surface area contributed by atoms with Crippen LogP contribution in [0.3, 0.4) is 0 Å². The normalized spacial score (nSPS) is 13.2. The van der Waals surface area contributed by atoms with Crippen LogP contribution in [0, 0.1) is 0 Å². The smallest absolute Gasteiger partial charge is 0.120 e. The second-order valence-corrected chi connectivity index (χ2v) is 4.00. The quantitative estimate of drug-likeness (QED) is 0.823. The summed E-state index contributed by atoms with van der Waals surface area (Å²) in [5, 5.41) is 12.2. The van der Waals surface area contributed by atoms with Gasteiger partial charge < -0.3 is 15.0 Å². The van der Waals surface area contributed by atoms with Crippen LogP contribution in [-0.2, 0) is 13.2 Å². The van der Waals surface area contributed by atoms with Gasteiger partial charge in [-0.1, -0.05) is 12.1 Å². The van der Waals surface area contributed by atoms with Gasteiger partial charge in [-0.2, -0.15) is 0 Å². The molecule has 0 aliphatic carbocycles. The summed E-state index contributed by atoms with van der Waals surface area (Å²) in [6, 6.07) is 9.93.